The first-order chi connectivity index (χ1) is 12.3. The van der Waals surface area contributed by atoms with Gasteiger partial charge in [-0.3, -0.25) is 4.98 Å². The van der Waals surface area contributed by atoms with Crippen molar-refractivity contribution in [2.24, 2.45) is 5.16 Å². The van der Waals surface area contributed by atoms with Crippen molar-refractivity contribution < 1.29 is 18.8 Å². The summed E-state index contributed by atoms with van der Waals surface area (Å²) in [6.45, 7) is 3.52. The highest BCUT2D eigenvalue weighted by Crippen LogP contribution is 2.34. The van der Waals surface area contributed by atoms with Gasteiger partial charge >= 0.3 is 5.97 Å². The molecule has 0 fully saturated rings. The quantitative estimate of drug-likeness (QED) is 0.706. The van der Waals surface area contributed by atoms with Gasteiger partial charge in [-0.1, -0.05) is 28.4 Å². The van der Waals surface area contributed by atoms with Gasteiger partial charge in [0.15, 0.2) is 0 Å². The molecule has 0 saturated carbocycles. The monoisotopic (exact) mass is 396 g/mol. The molecule has 136 valence electrons. The Morgan fingerprint density at radius 2 is 2.08 bits per heavy atom. The van der Waals surface area contributed by atoms with Crippen molar-refractivity contribution in [2.75, 3.05) is 6.61 Å². The maximum atomic E-state index is 14.4. The Labute approximate surface area is 159 Å². The normalized spacial score (nSPS) is 19.0. The lowest BCUT2D eigenvalue weighted by molar-refractivity contribution is -0.166. The van der Waals surface area contributed by atoms with Crippen molar-refractivity contribution in [1.29, 1.82) is 0 Å². The number of ether oxygens (including phenoxy) is 1. The summed E-state index contributed by atoms with van der Waals surface area (Å²) in [5, 5.41) is 4.52. The molecule has 0 saturated heterocycles. The molecule has 26 heavy (non-hydrogen) atoms. The maximum Gasteiger partial charge on any atom is 0.353 e. The highest BCUT2D eigenvalue weighted by molar-refractivity contribution is 6.34. The molecule has 0 amide bonds. The topological polar surface area (TPSA) is 60.8 Å². The van der Waals surface area contributed by atoms with Crippen LogP contribution in [0.5, 0.6) is 0 Å². The summed E-state index contributed by atoms with van der Waals surface area (Å²) >= 11 is 12.1. The van der Waals surface area contributed by atoms with Crippen molar-refractivity contribution in [2.45, 2.75) is 25.9 Å². The maximum absolute atomic E-state index is 14.4. The van der Waals surface area contributed by atoms with Crippen molar-refractivity contribution in [1.82, 2.24) is 4.98 Å². The number of benzene rings is 1. The molecule has 3 rings (SSSR count). The van der Waals surface area contributed by atoms with Crippen LogP contribution in [0, 0.1) is 5.82 Å². The predicted octanol–water partition coefficient (Wildman–Crippen LogP) is 4.64. The van der Waals surface area contributed by atoms with Gasteiger partial charge in [0.1, 0.15) is 5.82 Å². The fraction of sp³-hybridized carbons (Fsp3) is 0.278. The minimum atomic E-state index is -1.24. The van der Waals surface area contributed by atoms with Gasteiger partial charge in [0, 0.05) is 35.5 Å². The van der Waals surface area contributed by atoms with Crippen LogP contribution in [0.1, 0.15) is 25.8 Å². The third-order valence-corrected chi connectivity index (χ3v) is 4.47. The Morgan fingerprint density at radius 3 is 2.77 bits per heavy atom. The second kappa shape index (κ2) is 7.21. The Balaban J connectivity index is 1.97. The molecule has 1 atom stereocenters. The van der Waals surface area contributed by atoms with E-state index in [1.165, 1.54) is 18.5 Å². The lowest BCUT2D eigenvalue weighted by Gasteiger charge is -2.18. The lowest BCUT2D eigenvalue weighted by atomic mass is 9.94. The first-order valence-corrected chi connectivity index (χ1v) is 8.62. The Morgan fingerprint density at radius 1 is 1.31 bits per heavy atom. The van der Waals surface area contributed by atoms with E-state index >= 15 is 0 Å². The smallest absolute Gasteiger partial charge is 0.353 e. The number of hydrogen-bond donors (Lipinski definition) is 0. The van der Waals surface area contributed by atoms with E-state index in [0.717, 1.165) is 0 Å². The molecule has 1 unspecified atom stereocenters. The van der Waals surface area contributed by atoms with Crippen LogP contribution in [0.25, 0.3) is 11.1 Å². The summed E-state index contributed by atoms with van der Waals surface area (Å²) in [7, 11) is 0. The fourth-order valence-corrected chi connectivity index (χ4v) is 3.06. The Kier molecular flexibility index (Phi) is 5.16. The standard InChI is InChI=1S/C18H15Cl2FN2O3/c1-3-25-17(24)18(2)7-16(23-26-18)13-5-12(15(21)6-14(13)20)10-4-11(19)9-22-8-10/h4-6,8-9H,3,7H2,1-2H3. The summed E-state index contributed by atoms with van der Waals surface area (Å²) < 4.78 is 19.4. The van der Waals surface area contributed by atoms with Gasteiger partial charge in [0.2, 0.25) is 5.60 Å². The zero-order valence-corrected chi connectivity index (χ0v) is 15.6. The molecule has 0 radical (unpaired) electrons. The van der Waals surface area contributed by atoms with Gasteiger partial charge in [-0.15, -0.1) is 0 Å². The average Bonchev–Trinajstić information content (AvgIpc) is 2.98. The number of hydrogen-bond acceptors (Lipinski definition) is 5. The van der Waals surface area contributed by atoms with Gasteiger partial charge < -0.3 is 9.57 Å². The first kappa shape index (κ1) is 18.6. The second-order valence-corrected chi connectivity index (χ2v) is 6.80. The zero-order chi connectivity index (χ0) is 18.9. The summed E-state index contributed by atoms with van der Waals surface area (Å²) in [5.41, 5.74) is 0.436. The number of pyridine rings is 1. The van der Waals surface area contributed by atoms with E-state index < -0.39 is 17.4 Å². The van der Waals surface area contributed by atoms with Gasteiger partial charge in [-0.05, 0) is 32.0 Å². The number of oxime groups is 1. The van der Waals surface area contributed by atoms with E-state index in [0.29, 0.717) is 21.9 Å². The van der Waals surface area contributed by atoms with Gasteiger partial charge in [-0.25, -0.2) is 9.18 Å². The molecule has 0 bridgehead atoms. The van der Waals surface area contributed by atoms with Gasteiger partial charge in [0.25, 0.3) is 0 Å². The molecule has 1 aromatic carbocycles. The third-order valence-electron chi connectivity index (χ3n) is 3.95. The summed E-state index contributed by atoms with van der Waals surface area (Å²) in [5.74, 6) is -1.04. The van der Waals surface area contributed by atoms with E-state index in [-0.39, 0.29) is 23.6 Å². The molecule has 0 spiro atoms. The molecular formula is C18H15Cl2FN2O3. The summed E-state index contributed by atoms with van der Waals surface area (Å²) in [6.07, 6.45) is 3.11. The van der Waals surface area contributed by atoms with E-state index in [4.69, 9.17) is 32.8 Å². The molecule has 1 aliphatic rings. The van der Waals surface area contributed by atoms with Crippen LogP contribution in [-0.4, -0.2) is 28.9 Å². The predicted molar refractivity (Wildman–Crippen MR) is 96.9 cm³/mol. The molecule has 0 N–H and O–H groups in total. The largest absolute Gasteiger partial charge is 0.463 e. The van der Waals surface area contributed by atoms with Crippen LogP contribution in [0.3, 0.4) is 0 Å². The molecule has 0 aliphatic carbocycles. The van der Waals surface area contributed by atoms with E-state index in [2.05, 4.69) is 10.1 Å². The Bertz CT molecular complexity index is 904. The number of halogens is 3. The van der Waals surface area contributed by atoms with Crippen LogP contribution >= 0.6 is 23.2 Å². The number of aromatic nitrogens is 1. The number of rotatable bonds is 4. The van der Waals surface area contributed by atoms with E-state index in [9.17, 15) is 9.18 Å². The summed E-state index contributed by atoms with van der Waals surface area (Å²) in [4.78, 5) is 21.3. The van der Waals surface area contributed by atoms with E-state index in [1.54, 1.807) is 26.0 Å². The van der Waals surface area contributed by atoms with Gasteiger partial charge in [-0.2, -0.15) is 0 Å². The molecule has 2 aromatic rings. The van der Waals surface area contributed by atoms with Gasteiger partial charge in [0.05, 0.1) is 22.4 Å². The molecule has 5 nitrogen and oxygen atoms in total. The average molecular weight is 397 g/mol. The highest BCUT2D eigenvalue weighted by Gasteiger charge is 2.44. The van der Waals surface area contributed by atoms with Crippen molar-refractivity contribution in [3.8, 4) is 11.1 Å². The van der Waals surface area contributed by atoms with Crippen molar-refractivity contribution in [3.05, 3.63) is 52.0 Å². The van der Waals surface area contributed by atoms with Crippen LogP contribution in [0.4, 0.5) is 4.39 Å². The SMILES string of the molecule is CCOC(=O)C1(C)CC(c2cc(-c3cncc(Cl)c3)c(F)cc2Cl)=NO1. The first-order valence-electron chi connectivity index (χ1n) is 7.86. The molecule has 2 heterocycles. The second-order valence-electron chi connectivity index (χ2n) is 5.96. The van der Waals surface area contributed by atoms with Crippen LogP contribution in [-0.2, 0) is 14.4 Å². The minimum Gasteiger partial charge on any atom is -0.463 e. The summed E-state index contributed by atoms with van der Waals surface area (Å²) in [6, 6.07) is 4.33. The fourth-order valence-electron chi connectivity index (χ4n) is 2.63. The number of esters is 1. The molecule has 1 aliphatic heterocycles. The van der Waals surface area contributed by atoms with Crippen LogP contribution < -0.4 is 0 Å². The molecular weight excluding hydrogens is 382 g/mol. The van der Waals surface area contributed by atoms with Crippen molar-refractivity contribution >= 4 is 34.9 Å². The molecule has 8 heteroatoms. The van der Waals surface area contributed by atoms with Crippen molar-refractivity contribution in [3.63, 3.8) is 0 Å². The van der Waals surface area contributed by atoms with Crippen LogP contribution in [0.15, 0.2) is 35.7 Å². The highest BCUT2D eigenvalue weighted by atomic mass is 35.5. The number of carbonyl (C=O) groups excluding carboxylic acids is 1. The number of carbonyl (C=O) groups is 1. The zero-order valence-electron chi connectivity index (χ0n) is 14.1. The van der Waals surface area contributed by atoms with Crippen LogP contribution in [0.2, 0.25) is 10.0 Å². The third kappa shape index (κ3) is 3.52. The lowest BCUT2D eigenvalue weighted by Crippen LogP contribution is -2.37. The Hall–Kier alpha value is -2.18. The number of nitrogens with zero attached hydrogens (tertiary/aromatic N) is 2. The van der Waals surface area contributed by atoms with E-state index in [1.807, 2.05) is 0 Å². The molecule has 1 aromatic heterocycles. The minimum absolute atomic E-state index is 0.157.